The van der Waals surface area contributed by atoms with Crippen LogP contribution >= 0.6 is 15.9 Å². The zero-order valence-electron chi connectivity index (χ0n) is 12.2. The van der Waals surface area contributed by atoms with E-state index in [4.69, 9.17) is 5.14 Å². The third-order valence-corrected chi connectivity index (χ3v) is 6.22. The summed E-state index contributed by atoms with van der Waals surface area (Å²) in [6.45, 7) is 0.478. The van der Waals surface area contributed by atoms with Crippen molar-refractivity contribution in [2.24, 2.45) is 11.1 Å². The van der Waals surface area contributed by atoms with Gasteiger partial charge < -0.3 is 4.90 Å². The van der Waals surface area contributed by atoms with E-state index in [0.29, 0.717) is 6.54 Å². The number of hydrogen-bond acceptors (Lipinski definition) is 3. The van der Waals surface area contributed by atoms with Gasteiger partial charge in [-0.25, -0.2) is 13.6 Å². The van der Waals surface area contributed by atoms with Crippen LogP contribution in [-0.4, -0.2) is 31.5 Å². The van der Waals surface area contributed by atoms with Crippen LogP contribution in [0.15, 0.2) is 28.7 Å². The predicted molar refractivity (Wildman–Crippen MR) is 87.5 cm³/mol. The summed E-state index contributed by atoms with van der Waals surface area (Å²) in [6, 6.07) is 8.06. The van der Waals surface area contributed by atoms with Crippen LogP contribution in [0, 0.1) is 5.92 Å². The van der Waals surface area contributed by atoms with E-state index >= 15 is 0 Å². The van der Waals surface area contributed by atoms with Crippen LogP contribution in [-0.2, 0) is 20.4 Å². The molecule has 1 amide bonds. The number of sulfonamides is 1. The fourth-order valence-corrected chi connectivity index (χ4v) is 4.77. The summed E-state index contributed by atoms with van der Waals surface area (Å²) in [6.07, 6.45) is 3.22. The Morgan fingerprint density at radius 3 is 2.41 bits per heavy atom. The first-order valence-corrected chi connectivity index (χ1v) is 9.88. The van der Waals surface area contributed by atoms with E-state index in [9.17, 15) is 13.2 Å². The third kappa shape index (κ3) is 2.94. The Hall–Kier alpha value is -0.920. The Morgan fingerprint density at radius 1 is 1.27 bits per heavy atom. The van der Waals surface area contributed by atoms with Crippen molar-refractivity contribution in [1.82, 2.24) is 4.90 Å². The molecule has 1 heterocycles. The van der Waals surface area contributed by atoms with E-state index < -0.39 is 10.0 Å². The Balaban J connectivity index is 1.85. The van der Waals surface area contributed by atoms with Gasteiger partial charge in [-0.05, 0) is 37.0 Å². The molecule has 1 unspecified atom stereocenters. The van der Waals surface area contributed by atoms with Crippen LogP contribution in [0.25, 0.3) is 0 Å². The van der Waals surface area contributed by atoms with Crippen LogP contribution in [0.2, 0.25) is 0 Å². The molecular weight excluding hydrogens is 368 g/mol. The first kappa shape index (κ1) is 16.0. The number of rotatable bonds is 4. The minimum absolute atomic E-state index is 0.0382. The molecule has 120 valence electrons. The standard InChI is InChI=1S/C15H19BrN2O3S/c16-13-4-2-12(3-5-13)15(6-1-7-15)18-9-11(8-14(18)19)10-22(17,20)21/h2-5,11H,1,6-10H2,(H2,17,20,21). The molecule has 0 spiro atoms. The second-order valence-corrected chi connectivity index (χ2v) is 8.87. The van der Waals surface area contributed by atoms with Crippen molar-refractivity contribution < 1.29 is 13.2 Å². The Morgan fingerprint density at radius 2 is 1.91 bits per heavy atom. The lowest BCUT2D eigenvalue weighted by Gasteiger charge is -2.49. The van der Waals surface area contributed by atoms with Gasteiger partial charge in [-0.3, -0.25) is 4.79 Å². The summed E-state index contributed by atoms with van der Waals surface area (Å²) in [5.74, 6) is -0.280. The smallest absolute Gasteiger partial charge is 0.223 e. The molecule has 1 aliphatic carbocycles. The maximum atomic E-state index is 12.4. The molecule has 2 fully saturated rings. The average molecular weight is 387 g/mol. The molecule has 1 saturated carbocycles. The highest BCUT2D eigenvalue weighted by atomic mass is 79.9. The molecule has 1 aromatic carbocycles. The van der Waals surface area contributed by atoms with Gasteiger partial charge in [-0.15, -0.1) is 0 Å². The molecule has 1 aliphatic heterocycles. The predicted octanol–water partition coefficient (Wildman–Crippen LogP) is 1.97. The lowest BCUT2D eigenvalue weighted by atomic mass is 9.70. The van der Waals surface area contributed by atoms with Gasteiger partial charge in [0.05, 0.1) is 11.3 Å². The average Bonchev–Trinajstić information content (AvgIpc) is 2.69. The second kappa shape index (κ2) is 5.62. The fourth-order valence-electron chi connectivity index (χ4n) is 3.62. The van der Waals surface area contributed by atoms with Gasteiger partial charge in [0.2, 0.25) is 15.9 Å². The lowest BCUT2D eigenvalue weighted by Crippen LogP contribution is -2.52. The molecular formula is C15H19BrN2O3S. The van der Waals surface area contributed by atoms with Gasteiger partial charge in [0.25, 0.3) is 0 Å². The normalized spacial score (nSPS) is 24.4. The van der Waals surface area contributed by atoms with Gasteiger partial charge >= 0.3 is 0 Å². The van der Waals surface area contributed by atoms with Crippen LogP contribution < -0.4 is 5.14 Å². The van der Waals surface area contributed by atoms with Crippen molar-refractivity contribution in [2.45, 2.75) is 31.2 Å². The summed E-state index contributed by atoms with van der Waals surface area (Å²) in [5, 5.41) is 5.13. The van der Waals surface area contributed by atoms with Gasteiger partial charge in [-0.1, -0.05) is 28.1 Å². The minimum Gasteiger partial charge on any atom is -0.333 e. The van der Waals surface area contributed by atoms with Crippen LogP contribution in [0.5, 0.6) is 0 Å². The van der Waals surface area contributed by atoms with Crippen LogP contribution in [0.1, 0.15) is 31.2 Å². The molecule has 2 aliphatic rings. The molecule has 1 atom stereocenters. The van der Waals surface area contributed by atoms with Crippen molar-refractivity contribution in [3.05, 3.63) is 34.3 Å². The molecule has 0 aromatic heterocycles. The Labute approximate surface area is 139 Å². The molecule has 2 N–H and O–H groups in total. The number of carbonyl (C=O) groups is 1. The second-order valence-electron chi connectivity index (χ2n) is 6.30. The highest BCUT2D eigenvalue weighted by Gasteiger charge is 2.49. The number of benzene rings is 1. The number of halogens is 1. The summed E-state index contributed by atoms with van der Waals surface area (Å²) < 4.78 is 23.6. The third-order valence-electron chi connectivity index (χ3n) is 4.75. The van der Waals surface area contributed by atoms with E-state index in [1.54, 1.807) is 0 Å². The maximum absolute atomic E-state index is 12.4. The van der Waals surface area contributed by atoms with Gasteiger partial charge in [0.1, 0.15) is 0 Å². The van der Waals surface area contributed by atoms with E-state index in [0.717, 1.165) is 29.3 Å². The number of carbonyl (C=O) groups excluding carboxylic acids is 1. The number of hydrogen-bond donors (Lipinski definition) is 1. The zero-order valence-corrected chi connectivity index (χ0v) is 14.6. The van der Waals surface area contributed by atoms with Gasteiger partial charge in [-0.2, -0.15) is 0 Å². The van der Waals surface area contributed by atoms with Crippen molar-refractivity contribution >= 4 is 31.9 Å². The fraction of sp³-hybridized carbons (Fsp3) is 0.533. The number of primary sulfonamides is 1. The topological polar surface area (TPSA) is 80.5 Å². The molecule has 3 rings (SSSR count). The monoisotopic (exact) mass is 386 g/mol. The highest BCUT2D eigenvalue weighted by molar-refractivity contribution is 9.10. The minimum atomic E-state index is -3.54. The van der Waals surface area contributed by atoms with Crippen molar-refractivity contribution in [3.63, 3.8) is 0 Å². The SMILES string of the molecule is NS(=O)(=O)CC1CC(=O)N(C2(c3ccc(Br)cc3)CCC2)C1. The number of nitrogens with two attached hydrogens (primary N) is 1. The van der Waals surface area contributed by atoms with Gasteiger partial charge in [0.15, 0.2) is 0 Å². The number of nitrogens with zero attached hydrogens (tertiary/aromatic N) is 1. The summed E-state index contributed by atoms with van der Waals surface area (Å²) >= 11 is 3.43. The van der Waals surface area contributed by atoms with Crippen molar-refractivity contribution in [3.8, 4) is 0 Å². The number of amides is 1. The summed E-state index contributed by atoms with van der Waals surface area (Å²) in [7, 11) is -3.54. The molecule has 7 heteroatoms. The first-order valence-electron chi connectivity index (χ1n) is 7.37. The highest BCUT2D eigenvalue weighted by Crippen LogP contribution is 2.49. The van der Waals surface area contributed by atoms with Crippen LogP contribution in [0.4, 0.5) is 0 Å². The molecule has 22 heavy (non-hydrogen) atoms. The molecule has 1 aromatic rings. The molecule has 0 bridgehead atoms. The summed E-state index contributed by atoms with van der Waals surface area (Å²) in [4.78, 5) is 14.3. The van der Waals surface area contributed by atoms with E-state index in [1.165, 1.54) is 0 Å². The Kier molecular flexibility index (Phi) is 4.07. The Bertz CT molecular complexity index is 683. The number of likely N-dealkylation sites (tertiary alicyclic amines) is 1. The largest absolute Gasteiger partial charge is 0.333 e. The van der Waals surface area contributed by atoms with Crippen molar-refractivity contribution in [1.29, 1.82) is 0 Å². The quantitative estimate of drug-likeness (QED) is 0.858. The maximum Gasteiger partial charge on any atom is 0.223 e. The van der Waals surface area contributed by atoms with E-state index in [-0.39, 0.29) is 29.5 Å². The first-order chi connectivity index (χ1) is 10.3. The van der Waals surface area contributed by atoms with Crippen molar-refractivity contribution in [2.75, 3.05) is 12.3 Å². The molecule has 0 radical (unpaired) electrons. The van der Waals surface area contributed by atoms with Gasteiger partial charge in [0, 0.05) is 23.4 Å². The summed E-state index contributed by atoms with van der Waals surface area (Å²) in [5.41, 5.74) is 0.872. The lowest BCUT2D eigenvalue weighted by molar-refractivity contribution is -0.137. The van der Waals surface area contributed by atoms with E-state index in [2.05, 4.69) is 15.9 Å². The molecule has 5 nitrogen and oxygen atoms in total. The van der Waals surface area contributed by atoms with Crippen LogP contribution in [0.3, 0.4) is 0 Å². The van der Waals surface area contributed by atoms with E-state index in [1.807, 2.05) is 29.2 Å². The molecule has 1 saturated heterocycles. The zero-order chi connectivity index (χ0) is 16.0.